The Labute approximate surface area is 162 Å². The van der Waals surface area contributed by atoms with Gasteiger partial charge in [0.15, 0.2) is 0 Å². The molecule has 144 valence electrons. The quantitative estimate of drug-likeness (QED) is 0.844. The number of likely N-dealkylation sites (tertiary alicyclic amines) is 1. The van der Waals surface area contributed by atoms with E-state index in [9.17, 15) is 9.59 Å². The third-order valence-corrected chi connectivity index (χ3v) is 5.46. The maximum atomic E-state index is 12.7. The van der Waals surface area contributed by atoms with Crippen LogP contribution in [0.3, 0.4) is 0 Å². The molecule has 2 aliphatic rings. The van der Waals surface area contributed by atoms with Gasteiger partial charge in [0.1, 0.15) is 0 Å². The smallest absolute Gasteiger partial charge is 0.225 e. The van der Waals surface area contributed by atoms with E-state index >= 15 is 0 Å². The molecule has 2 aliphatic heterocycles. The second kappa shape index (κ2) is 9.93. The van der Waals surface area contributed by atoms with Gasteiger partial charge in [-0.25, -0.2) is 0 Å². The van der Waals surface area contributed by atoms with Crippen LogP contribution in [0.25, 0.3) is 0 Å². The fraction of sp³-hybridized carbons (Fsp3) is 0.600. The van der Waals surface area contributed by atoms with Crippen molar-refractivity contribution in [1.82, 2.24) is 15.5 Å². The summed E-state index contributed by atoms with van der Waals surface area (Å²) in [6, 6.07) is 10.4. The van der Waals surface area contributed by atoms with Crippen molar-refractivity contribution in [1.29, 1.82) is 0 Å². The summed E-state index contributed by atoms with van der Waals surface area (Å²) < 4.78 is 0. The molecule has 1 aromatic rings. The Kier molecular flexibility index (Phi) is 7.91. The summed E-state index contributed by atoms with van der Waals surface area (Å²) in [7, 11) is 0. The van der Waals surface area contributed by atoms with E-state index < -0.39 is 0 Å². The van der Waals surface area contributed by atoms with Gasteiger partial charge in [-0.2, -0.15) is 0 Å². The number of halogens is 1. The molecule has 2 amide bonds. The molecule has 3 rings (SSSR count). The Balaban J connectivity index is 0.00000243. The van der Waals surface area contributed by atoms with Gasteiger partial charge in [0.25, 0.3) is 0 Å². The molecule has 6 heteroatoms. The largest absolute Gasteiger partial charge is 0.352 e. The highest BCUT2D eigenvalue weighted by molar-refractivity contribution is 5.85. The lowest BCUT2D eigenvalue weighted by Crippen LogP contribution is -2.48. The standard InChI is InChI=1S/C20H29N3O2.ClH/c1-15-13-18(7-10-21-15)20(25)23-11-8-17(9-12-23)19(24)22-14-16-5-3-2-4-6-16;/h2-6,15,17-18,21H,7-14H2,1H3,(H,22,24);1H/t15-,18-;/m0./s1. The zero-order valence-corrected chi connectivity index (χ0v) is 16.3. The molecule has 5 nitrogen and oxygen atoms in total. The molecule has 26 heavy (non-hydrogen) atoms. The highest BCUT2D eigenvalue weighted by Gasteiger charge is 2.32. The zero-order chi connectivity index (χ0) is 17.6. The molecule has 2 saturated heterocycles. The number of hydrogen-bond acceptors (Lipinski definition) is 3. The van der Waals surface area contributed by atoms with Crippen LogP contribution >= 0.6 is 12.4 Å². The Bertz CT molecular complexity index is 588. The van der Waals surface area contributed by atoms with Gasteiger partial charge in [0, 0.05) is 37.5 Å². The zero-order valence-electron chi connectivity index (χ0n) is 15.4. The average Bonchev–Trinajstić information content (AvgIpc) is 2.66. The van der Waals surface area contributed by atoms with Crippen LogP contribution in [0.1, 0.15) is 38.2 Å². The Morgan fingerprint density at radius 2 is 1.81 bits per heavy atom. The van der Waals surface area contributed by atoms with Gasteiger partial charge < -0.3 is 15.5 Å². The molecule has 2 N–H and O–H groups in total. The fourth-order valence-electron chi connectivity index (χ4n) is 3.91. The van der Waals surface area contributed by atoms with Gasteiger partial charge in [-0.15, -0.1) is 12.4 Å². The van der Waals surface area contributed by atoms with E-state index in [1.54, 1.807) is 0 Å². The van der Waals surface area contributed by atoms with Crippen molar-refractivity contribution in [3.63, 3.8) is 0 Å². The van der Waals surface area contributed by atoms with E-state index in [1.165, 1.54) is 0 Å². The Morgan fingerprint density at radius 3 is 2.46 bits per heavy atom. The average molecular weight is 380 g/mol. The molecule has 0 aliphatic carbocycles. The number of benzene rings is 1. The molecule has 2 heterocycles. The van der Waals surface area contributed by atoms with Crippen LogP contribution in [-0.2, 0) is 16.1 Å². The summed E-state index contributed by atoms with van der Waals surface area (Å²) in [4.78, 5) is 27.0. The van der Waals surface area contributed by atoms with Gasteiger partial charge in [0.05, 0.1) is 0 Å². The minimum Gasteiger partial charge on any atom is -0.352 e. The number of amides is 2. The van der Waals surface area contributed by atoms with Gasteiger partial charge in [0.2, 0.25) is 11.8 Å². The summed E-state index contributed by atoms with van der Waals surface area (Å²) >= 11 is 0. The van der Waals surface area contributed by atoms with E-state index in [0.29, 0.717) is 25.7 Å². The first-order valence-electron chi connectivity index (χ1n) is 9.47. The topological polar surface area (TPSA) is 61.4 Å². The van der Waals surface area contributed by atoms with Crippen LogP contribution in [0.5, 0.6) is 0 Å². The SMILES string of the molecule is C[C@H]1C[C@@H](C(=O)N2CCC(C(=O)NCc3ccccc3)CC2)CCN1.Cl. The van der Waals surface area contributed by atoms with E-state index in [4.69, 9.17) is 0 Å². The normalized spacial score (nSPS) is 23.8. The van der Waals surface area contributed by atoms with E-state index in [1.807, 2.05) is 35.2 Å². The highest BCUT2D eigenvalue weighted by atomic mass is 35.5. The number of rotatable bonds is 4. The summed E-state index contributed by atoms with van der Waals surface area (Å²) in [6.07, 6.45) is 3.40. The monoisotopic (exact) mass is 379 g/mol. The number of nitrogens with one attached hydrogen (secondary N) is 2. The molecular formula is C20H30ClN3O2. The first kappa shape index (κ1) is 20.7. The minimum absolute atomic E-state index is 0. The molecule has 2 atom stereocenters. The van der Waals surface area contributed by atoms with Crippen LogP contribution in [0.15, 0.2) is 30.3 Å². The lowest BCUT2D eigenvalue weighted by molar-refractivity contribution is -0.140. The third-order valence-electron chi connectivity index (χ3n) is 5.46. The van der Waals surface area contributed by atoms with Crippen LogP contribution in [-0.4, -0.2) is 42.4 Å². The second-order valence-corrected chi connectivity index (χ2v) is 7.38. The maximum Gasteiger partial charge on any atom is 0.225 e. The summed E-state index contributed by atoms with van der Waals surface area (Å²) in [5.41, 5.74) is 1.11. The molecule has 1 aromatic carbocycles. The minimum atomic E-state index is 0. The van der Waals surface area contributed by atoms with Crippen molar-refractivity contribution in [3.8, 4) is 0 Å². The lowest BCUT2D eigenvalue weighted by Gasteiger charge is -2.36. The van der Waals surface area contributed by atoms with Crippen molar-refractivity contribution in [2.24, 2.45) is 11.8 Å². The Hall–Kier alpha value is -1.59. The third kappa shape index (κ3) is 5.45. The molecule has 0 unspecified atom stereocenters. The van der Waals surface area contributed by atoms with Crippen molar-refractivity contribution in [2.75, 3.05) is 19.6 Å². The van der Waals surface area contributed by atoms with Crippen LogP contribution in [0.4, 0.5) is 0 Å². The van der Waals surface area contributed by atoms with Gasteiger partial charge in [-0.1, -0.05) is 30.3 Å². The van der Waals surface area contributed by atoms with Crippen molar-refractivity contribution in [3.05, 3.63) is 35.9 Å². The predicted molar refractivity (Wildman–Crippen MR) is 105 cm³/mol. The number of carbonyl (C=O) groups is 2. The van der Waals surface area contributed by atoms with Crippen molar-refractivity contribution >= 4 is 24.2 Å². The fourth-order valence-corrected chi connectivity index (χ4v) is 3.91. The predicted octanol–water partition coefficient (Wildman–Crippen LogP) is 2.35. The van der Waals surface area contributed by atoms with Crippen LogP contribution in [0.2, 0.25) is 0 Å². The number of piperidine rings is 2. The molecule has 0 spiro atoms. The summed E-state index contributed by atoms with van der Waals surface area (Å²) in [5.74, 6) is 0.586. The van der Waals surface area contributed by atoms with Crippen LogP contribution in [0, 0.1) is 11.8 Å². The number of nitrogens with zero attached hydrogens (tertiary/aromatic N) is 1. The highest BCUT2D eigenvalue weighted by Crippen LogP contribution is 2.23. The van der Waals surface area contributed by atoms with Crippen LogP contribution < -0.4 is 10.6 Å². The number of carbonyl (C=O) groups excluding carboxylic acids is 2. The molecular weight excluding hydrogens is 350 g/mol. The molecule has 2 fully saturated rings. The molecule has 0 bridgehead atoms. The summed E-state index contributed by atoms with van der Waals surface area (Å²) in [5, 5.41) is 6.43. The van der Waals surface area contributed by atoms with E-state index in [-0.39, 0.29) is 36.1 Å². The summed E-state index contributed by atoms with van der Waals surface area (Å²) in [6.45, 7) is 5.06. The van der Waals surface area contributed by atoms with Crippen molar-refractivity contribution in [2.45, 2.75) is 45.2 Å². The molecule has 0 saturated carbocycles. The second-order valence-electron chi connectivity index (χ2n) is 7.38. The van der Waals surface area contributed by atoms with Gasteiger partial charge >= 0.3 is 0 Å². The Morgan fingerprint density at radius 1 is 1.12 bits per heavy atom. The van der Waals surface area contributed by atoms with Crippen molar-refractivity contribution < 1.29 is 9.59 Å². The molecule has 0 radical (unpaired) electrons. The first-order valence-corrected chi connectivity index (χ1v) is 9.47. The van der Waals surface area contributed by atoms with Gasteiger partial charge in [-0.3, -0.25) is 9.59 Å². The van der Waals surface area contributed by atoms with Gasteiger partial charge in [-0.05, 0) is 44.7 Å². The first-order chi connectivity index (χ1) is 12.1. The maximum absolute atomic E-state index is 12.7. The van der Waals surface area contributed by atoms with E-state index in [0.717, 1.165) is 37.8 Å². The number of hydrogen-bond donors (Lipinski definition) is 2. The lowest BCUT2D eigenvalue weighted by atomic mass is 9.90. The molecule has 0 aromatic heterocycles. The van der Waals surface area contributed by atoms with E-state index in [2.05, 4.69) is 17.6 Å².